The minimum Gasteiger partial charge on any atom is -0.391 e. The van der Waals surface area contributed by atoms with Gasteiger partial charge < -0.3 is 9.84 Å². The molecule has 1 unspecified atom stereocenters. The smallest absolute Gasteiger partial charge is 0.0777 e. The lowest BCUT2D eigenvalue weighted by Gasteiger charge is -2.21. The van der Waals surface area contributed by atoms with E-state index in [1.165, 1.54) is 0 Å². The summed E-state index contributed by atoms with van der Waals surface area (Å²) in [4.78, 5) is 0. The first kappa shape index (κ1) is 13.2. The van der Waals surface area contributed by atoms with Gasteiger partial charge in [0, 0.05) is 13.2 Å². The van der Waals surface area contributed by atoms with Crippen molar-refractivity contribution in [2.24, 2.45) is 7.05 Å². The van der Waals surface area contributed by atoms with Crippen molar-refractivity contribution in [3.05, 3.63) is 18.0 Å². The summed E-state index contributed by atoms with van der Waals surface area (Å²) in [7, 11) is 1.89. The quantitative estimate of drug-likeness (QED) is 0.828. The number of aliphatic hydroxyl groups excluding tert-OH is 1. The average molecular weight is 226 g/mol. The van der Waals surface area contributed by atoms with Crippen LogP contribution in [0.1, 0.15) is 32.8 Å². The Kier molecular flexibility index (Phi) is 4.50. The maximum Gasteiger partial charge on any atom is 0.0777 e. The summed E-state index contributed by atoms with van der Waals surface area (Å²) < 4.78 is 7.29. The summed E-state index contributed by atoms with van der Waals surface area (Å²) in [6, 6.07) is 0. The number of ether oxygens (including phenoxy) is 1. The SMILES string of the molecule is Cn1cc(CCC(O)COC(C)(C)C)cn1. The number of hydrogen-bond donors (Lipinski definition) is 1. The van der Waals surface area contributed by atoms with Gasteiger partial charge in [0.15, 0.2) is 0 Å². The van der Waals surface area contributed by atoms with Crippen LogP contribution in [0, 0.1) is 0 Å². The number of aryl methyl sites for hydroxylation is 2. The molecule has 1 rings (SSSR count). The van der Waals surface area contributed by atoms with Crippen molar-refractivity contribution in [1.29, 1.82) is 0 Å². The summed E-state index contributed by atoms with van der Waals surface area (Å²) in [6.07, 6.45) is 4.94. The normalized spacial score (nSPS) is 14.1. The van der Waals surface area contributed by atoms with Gasteiger partial charge in [-0.3, -0.25) is 4.68 Å². The molecule has 0 aliphatic heterocycles. The van der Waals surface area contributed by atoms with Gasteiger partial charge in [0.1, 0.15) is 0 Å². The molecule has 1 atom stereocenters. The summed E-state index contributed by atoms with van der Waals surface area (Å²) in [6.45, 7) is 6.35. The van der Waals surface area contributed by atoms with Crippen molar-refractivity contribution in [3.63, 3.8) is 0 Å². The molecule has 0 fully saturated rings. The van der Waals surface area contributed by atoms with Gasteiger partial charge in [0.2, 0.25) is 0 Å². The molecular weight excluding hydrogens is 204 g/mol. The molecule has 0 aliphatic carbocycles. The molecule has 0 bridgehead atoms. The highest BCUT2D eigenvalue weighted by atomic mass is 16.5. The minimum absolute atomic E-state index is 0.185. The van der Waals surface area contributed by atoms with Gasteiger partial charge in [-0.05, 0) is 39.2 Å². The van der Waals surface area contributed by atoms with Crippen molar-refractivity contribution < 1.29 is 9.84 Å². The first-order chi connectivity index (χ1) is 7.37. The second kappa shape index (κ2) is 5.46. The third kappa shape index (κ3) is 5.28. The molecular formula is C12H22N2O2. The first-order valence-electron chi connectivity index (χ1n) is 5.66. The zero-order chi connectivity index (χ0) is 12.2. The number of hydrogen-bond acceptors (Lipinski definition) is 3. The van der Waals surface area contributed by atoms with E-state index in [1.54, 1.807) is 4.68 Å². The van der Waals surface area contributed by atoms with Crippen LogP contribution < -0.4 is 0 Å². The molecule has 16 heavy (non-hydrogen) atoms. The standard InChI is InChI=1S/C12H22N2O2/c1-12(2,3)16-9-11(15)6-5-10-7-13-14(4)8-10/h7-8,11,15H,5-6,9H2,1-4H3. The van der Waals surface area contributed by atoms with Crippen molar-refractivity contribution in [2.75, 3.05) is 6.61 Å². The fraction of sp³-hybridized carbons (Fsp3) is 0.750. The minimum atomic E-state index is -0.403. The van der Waals surface area contributed by atoms with Gasteiger partial charge in [-0.1, -0.05) is 0 Å². The van der Waals surface area contributed by atoms with Crippen molar-refractivity contribution in [3.8, 4) is 0 Å². The largest absolute Gasteiger partial charge is 0.391 e. The van der Waals surface area contributed by atoms with Crippen LogP contribution in [0.5, 0.6) is 0 Å². The fourth-order valence-corrected chi connectivity index (χ4v) is 1.36. The fourth-order valence-electron chi connectivity index (χ4n) is 1.36. The van der Waals surface area contributed by atoms with E-state index < -0.39 is 6.10 Å². The number of rotatable bonds is 5. The lowest BCUT2D eigenvalue weighted by molar-refractivity contribution is -0.0503. The Morgan fingerprint density at radius 1 is 1.50 bits per heavy atom. The Bertz CT molecular complexity index is 315. The Hall–Kier alpha value is -0.870. The molecule has 1 N–H and O–H groups in total. The van der Waals surface area contributed by atoms with Gasteiger partial charge in [-0.2, -0.15) is 5.10 Å². The van der Waals surface area contributed by atoms with Crippen molar-refractivity contribution >= 4 is 0 Å². The summed E-state index contributed by atoms with van der Waals surface area (Å²) in [5, 5.41) is 13.8. The third-order valence-corrected chi connectivity index (χ3v) is 2.23. The monoisotopic (exact) mass is 226 g/mol. The van der Waals surface area contributed by atoms with Gasteiger partial charge in [0.25, 0.3) is 0 Å². The molecule has 0 saturated carbocycles. The van der Waals surface area contributed by atoms with Gasteiger partial charge >= 0.3 is 0 Å². The van der Waals surface area contributed by atoms with E-state index in [4.69, 9.17) is 4.74 Å². The van der Waals surface area contributed by atoms with Crippen LogP contribution in [0.4, 0.5) is 0 Å². The lowest BCUT2D eigenvalue weighted by atomic mass is 10.1. The molecule has 4 nitrogen and oxygen atoms in total. The average Bonchev–Trinajstić information content (AvgIpc) is 2.57. The molecule has 0 aromatic carbocycles. The highest BCUT2D eigenvalue weighted by Gasteiger charge is 2.13. The van der Waals surface area contributed by atoms with E-state index in [0.717, 1.165) is 12.0 Å². The summed E-state index contributed by atoms with van der Waals surface area (Å²) in [5.74, 6) is 0. The lowest BCUT2D eigenvalue weighted by Crippen LogP contribution is -2.26. The molecule has 4 heteroatoms. The predicted octanol–water partition coefficient (Wildman–Crippen LogP) is 1.53. The Morgan fingerprint density at radius 2 is 2.19 bits per heavy atom. The molecule has 0 spiro atoms. The van der Waals surface area contributed by atoms with Crippen LogP contribution in [0.3, 0.4) is 0 Å². The van der Waals surface area contributed by atoms with Crippen LogP contribution in [0.25, 0.3) is 0 Å². The van der Waals surface area contributed by atoms with E-state index in [1.807, 2.05) is 40.2 Å². The number of aromatic nitrogens is 2. The predicted molar refractivity (Wildman–Crippen MR) is 63.2 cm³/mol. The Morgan fingerprint density at radius 3 is 2.69 bits per heavy atom. The van der Waals surface area contributed by atoms with Gasteiger partial charge in [-0.25, -0.2) is 0 Å². The summed E-state index contributed by atoms with van der Waals surface area (Å²) in [5.41, 5.74) is 0.965. The van der Waals surface area contributed by atoms with E-state index >= 15 is 0 Å². The zero-order valence-electron chi connectivity index (χ0n) is 10.6. The molecule has 92 valence electrons. The highest BCUT2D eigenvalue weighted by Crippen LogP contribution is 2.10. The highest BCUT2D eigenvalue weighted by molar-refractivity contribution is 5.03. The maximum absolute atomic E-state index is 9.73. The molecule has 0 saturated heterocycles. The summed E-state index contributed by atoms with van der Waals surface area (Å²) >= 11 is 0. The third-order valence-electron chi connectivity index (χ3n) is 2.23. The van der Waals surface area contributed by atoms with Crippen LogP contribution in [0.15, 0.2) is 12.4 Å². The molecule has 1 aromatic rings. The molecule has 0 radical (unpaired) electrons. The van der Waals surface area contributed by atoms with E-state index in [0.29, 0.717) is 13.0 Å². The van der Waals surface area contributed by atoms with Crippen LogP contribution in [0.2, 0.25) is 0 Å². The van der Waals surface area contributed by atoms with E-state index in [9.17, 15) is 5.11 Å². The van der Waals surface area contributed by atoms with Crippen molar-refractivity contribution in [1.82, 2.24) is 9.78 Å². The van der Waals surface area contributed by atoms with E-state index in [2.05, 4.69) is 5.10 Å². The molecule has 1 heterocycles. The molecule has 0 aliphatic rings. The van der Waals surface area contributed by atoms with Crippen LogP contribution >= 0.6 is 0 Å². The molecule has 1 aromatic heterocycles. The van der Waals surface area contributed by atoms with E-state index in [-0.39, 0.29) is 5.60 Å². The van der Waals surface area contributed by atoms with Crippen LogP contribution in [-0.4, -0.2) is 33.2 Å². The second-order valence-corrected chi connectivity index (χ2v) is 5.14. The zero-order valence-corrected chi connectivity index (χ0v) is 10.6. The topological polar surface area (TPSA) is 47.3 Å². The van der Waals surface area contributed by atoms with Gasteiger partial charge in [0.05, 0.1) is 24.5 Å². The Balaban J connectivity index is 2.22. The number of aliphatic hydroxyl groups is 1. The maximum atomic E-state index is 9.73. The first-order valence-corrected chi connectivity index (χ1v) is 5.66. The molecule has 0 amide bonds. The van der Waals surface area contributed by atoms with Gasteiger partial charge in [-0.15, -0.1) is 0 Å². The Labute approximate surface area is 97.2 Å². The van der Waals surface area contributed by atoms with Crippen LogP contribution in [-0.2, 0) is 18.2 Å². The van der Waals surface area contributed by atoms with Crippen molar-refractivity contribution in [2.45, 2.75) is 45.3 Å². The number of nitrogens with zero attached hydrogens (tertiary/aromatic N) is 2. The second-order valence-electron chi connectivity index (χ2n) is 5.14.